The average molecular weight is 394 g/mol. The Kier molecular flexibility index (Phi) is 6.89. The molecule has 0 aliphatic heterocycles. The number of hydrogen-bond acceptors (Lipinski definition) is 5. The van der Waals surface area contributed by atoms with E-state index in [4.69, 9.17) is 14.2 Å². The van der Waals surface area contributed by atoms with Gasteiger partial charge in [-0.25, -0.2) is 4.98 Å². The van der Waals surface area contributed by atoms with E-state index < -0.39 is 0 Å². The third kappa shape index (κ3) is 5.16. The van der Waals surface area contributed by atoms with Gasteiger partial charge in [-0.1, -0.05) is 12.1 Å². The lowest BCUT2D eigenvalue weighted by Crippen LogP contribution is -2.26. The van der Waals surface area contributed by atoms with Crippen molar-refractivity contribution in [1.82, 2.24) is 10.3 Å². The number of rotatable bonds is 9. The summed E-state index contributed by atoms with van der Waals surface area (Å²) in [5.74, 6) is 2.03. The predicted octanol–water partition coefficient (Wildman–Crippen LogP) is 4.01. The normalized spacial score (nSPS) is 10.6. The molecule has 0 atom stereocenters. The summed E-state index contributed by atoms with van der Waals surface area (Å²) in [7, 11) is 1.62. The van der Waals surface area contributed by atoms with E-state index in [0.717, 1.165) is 33.7 Å². The second-order valence-corrected chi connectivity index (χ2v) is 6.41. The summed E-state index contributed by atoms with van der Waals surface area (Å²) in [5, 5.41) is 3.86. The van der Waals surface area contributed by atoms with Crippen molar-refractivity contribution in [3.8, 4) is 17.2 Å². The lowest BCUT2D eigenvalue weighted by molar-refractivity contribution is 0.0949. The standard InChI is InChI=1S/C23H26N2O4/c1-4-28-21-11-6-16(14-22(21)29-5-2)12-13-24-23(26)20-9-7-17-15-18(27-3)8-10-19(17)25-20/h6-11,14-15H,4-5,12-13H2,1-3H3,(H,24,26). The van der Waals surface area contributed by atoms with Crippen molar-refractivity contribution in [2.45, 2.75) is 20.3 Å². The van der Waals surface area contributed by atoms with Gasteiger partial charge in [0.2, 0.25) is 0 Å². The number of fused-ring (bicyclic) bond motifs is 1. The fourth-order valence-electron chi connectivity index (χ4n) is 3.02. The molecule has 1 aromatic heterocycles. The molecular weight excluding hydrogens is 368 g/mol. The number of aromatic nitrogens is 1. The van der Waals surface area contributed by atoms with Gasteiger partial charge in [0.15, 0.2) is 11.5 Å². The molecule has 0 saturated heterocycles. The first-order chi connectivity index (χ1) is 14.1. The highest BCUT2D eigenvalue weighted by Crippen LogP contribution is 2.28. The molecule has 0 unspecified atom stereocenters. The quantitative estimate of drug-likeness (QED) is 0.594. The van der Waals surface area contributed by atoms with Crippen LogP contribution in [-0.2, 0) is 6.42 Å². The molecule has 0 saturated carbocycles. The maximum atomic E-state index is 12.5. The maximum Gasteiger partial charge on any atom is 0.269 e. The van der Waals surface area contributed by atoms with E-state index in [-0.39, 0.29) is 5.91 Å². The molecule has 29 heavy (non-hydrogen) atoms. The molecule has 1 amide bonds. The van der Waals surface area contributed by atoms with Crippen molar-refractivity contribution in [2.75, 3.05) is 26.9 Å². The number of methoxy groups -OCH3 is 1. The number of amides is 1. The van der Waals surface area contributed by atoms with Gasteiger partial charge in [0, 0.05) is 11.9 Å². The third-order valence-corrected chi connectivity index (χ3v) is 4.44. The first-order valence-corrected chi connectivity index (χ1v) is 9.76. The first-order valence-electron chi connectivity index (χ1n) is 9.76. The van der Waals surface area contributed by atoms with Crippen LogP contribution in [0.15, 0.2) is 48.5 Å². The van der Waals surface area contributed by atoms with Gasteiger partial charge in [0.05, 0.1) is 25.8 Å². The van der Waals surface area contributed by atoms with Gasteiger partial charge >= 0.3 is 0 Å². The zero-order valence-corrected chi connectivity index (χ0v) is 17.0. The van der Waals surface area contributed by atoms with E-state index in [1.807, 2.05) is 56.3 Å². The van der Waals surface area contributed by atoms with Crippen molar-refractivity contribution in [3.63, 3.8) is 0 Å². The summed E-state index contributed by atoms with van der Waals surface area (Å²) in [6.07, 6.45) is 0.684. The molecule has 0 radical (unpaired) electrons. The minimum atomic E-state index is -0.196. The van der Waals surface area contributed by atoms with E-state index in [2.05, 4.69) is 10.3 Å². The van der Waals surface area contributed by atoms with Crippen LogP contribution in [0.3, 0.4) is 0 Å². The van der Waals surface area contributed by atoms with Gasteiger partial charge in [-0.15, -0.1) is 0 Å². The van der Waals surface area contributed by atoms with Crippen LogP contribution in [0.4, 0.5) is 0 Å². The smallest absolute Gasteiger partial charge is 0.269 e. The number of nitrogens with one attached hydrogen (secondary N) is 1. The van der Waals surface area contributed by atoms with Crippen LogP contribution in [0.5, 0.6) is 17.2 Å². The Morgan fingerprint density at radius 2 is 1.76 bits per heavy atom. The number of pyridine rings is 1. The van der Waals surface area contributed by atoms with Crippen LogP contribution in [0, 0.1) is 0 Å². The predicted molar refractivity (Wildman–Crippen MR) is 113 cm³/mol. The van der Waals surface area contributed by atoms with E-state index >= 15 is 0 Å². The number of hydrogen-bond donors (Lipinski definition) is 1. The van der Waals surface area contributed by atoms with Gasteiger partial charge in [-0.05, 0) is 62.2 Å². The van der Waals surface area contributed by atoms with Crippen molar-refractivity contribution < 1.29 is 19.0 Å². The monoisotopic (exact) mass is 394 g/mol. The van der Waals surface area contributed by atoms with Crippen molar-refractivity contribution in [3.05, 3.63) is 59.8 Å². The highest BCUT2D eigenvalue weighted by atomic mass is 16.5. The number of ether oxygens (including phenoxy) is 3. The highest BCUT2D eigenvalue weighted by Gasteiger charge is 2.10. The van der Waals surface area contributed by atoms with Crippen LogP contribution in [0.2, 0.25) is 0 Å². The molecule has 6 nitrogen and oxygen atoms in total. The Labute approximate surface area is 170 Å². The fourth-order valence-corrected chi connectivity index (χ4v) is 3.02. The summed E-state index contributed by atoms with van der Waals surface area (Å²) in [4.78, 5) is 16.9. The molecule has 3 aromatic rings. The van der Waals surface area contributed by atoms with Crippen LogP contribution >= 0.6 is 0 Å². The SMILES string of the molecule is CCOc1ccc(CCNC(=O)c2ccc3cc(OC)ccc3n2)cc1OCC. The van der Waals surface area contributed by atoms with E-state index in [9.17, 15) is 4.79 Å². The Morgan fingerprint density at radius 3 is 2.52 bits per heavy atom. The zero-order chi connectivity index (χ0) is 20.6. The second-order valence-electron chi connectivity index (χ2n) is 6.41. The molecule has 0 fully saturated rings. The molecule has 1 heterocycles. The van der Waals surface area contributed by atoms with Crippen LogP contribution in [0.1, 0.15) is 29.9 Å². The molecule has 152 valence electrons. The summed E-state index contributed by atoms with van der Waals surface area (Å²) in [6, 6.07) is 15.0. The van der Waals surface area contributed by atoms with Gasteiger partial charge in [-0.3, -0.25) is 4.79 Å². The highest BCUT2D eigenvalue weighted by molar-refractivity contribution is 5.95. The average Bonchev–Trinajstić information content (AvgIpc) is 2.75. The number of nitrogens with zero attached hydrogens (tertiary/aromatic N) is 1. The molecule has 0 aliphatic rings. The van der Waals surface area contributed by atoms with E-state index in [0.29, 0.717) is 31.9 Å². The summed E-state index contributed by atoms with van der Waals surface area (Å²) in [6.45, 7) is 5.53. The Balaban J connectivity index is 1.62. The minimum Gasteiger partial charge on any atom is -0.497 e. The summed E-state index contributed by atoms with van der Waals surface area (Å²) in [5.41, 5.74) is 2.21. The first kappa shape index (κ1) is 20.5. The summed E-state index contributed by atoms with van der Waals surface area (Å²) < 4.78 is 16.5. The number of carbonyl (C=O) groups is 1. The number of carbonyl (C=O) groups excluding carboxylic acids is 1. The Bertz CT molecular complexity index is 988. The van der Waals surface area contributed by atoms with Crippen LogP contribution in [0.25, 0.3) is 10.9 Å². The summed E-state index contributed by atoms with van der Waals surface area (Å²) >= 11 is 0. The van der Waals surface area contributed by atoms with Crippen LogP contribution in [-0.4, -0.2) is 37.8 Å². The van der Waals surface area contributed by atoms with Crippen molar-refractivity contribution in [1.29, 1.82) is 0 Å². The largest absolute Gasteiger partial charge is 0.497 e. The third-order valence-electron chi connectivity index (χ3n) is 4.44. The maximum absolute atomic E-state index is 12.5. The zero-order valence-electron chi connectivity index (χ0n) is 17.0. The fraction of sp³-hybridized carbons (Fsp3) is 0.304. The Morgan fingerprint density at radius 1 is 0.966 bits per heavy atom. The van der Waals surface area contributed by atoms with Gasteiger partial charge in [-0.2, -0.15) is 0 Å². The van der Waals surface area contributed by atoms with Gasteiger partial charge in [0.1, 0.15) is 11.4 Å². The van der Waals surface area contributed by atoms with E-state index in [1.54, 1.807) is 13.2 Å². The molecule has 0 bridgehead atoms. The lowest BCUT2D eigenvalue weighted by atomic mass is 10.1. The topological polar surface area (TPSA) is 69.7 Å². The van der Waals surface area contributed by atoms with E-state index in [1.165, 1.54) is 0 Å². The Hall–Kier alpha value is -3.28. The van der Waals surface area contributed by atoms with Crippen molar-refractivity contribution in [2.24, 2.45) is 0 Å². The van der Waals surface area contributed by atoms with Gasteiger partial charge < -0.3 is 19.5 Å². The number of benzene rings is 2. The second kappa shape index (κ2) is 9.78. The lowest BCUT2D eigenvalue weighted by Gasteiger charge is -2.12. The minimum absolute atomic E-state index is 0.196. The molecule has 6 heteroatoms. The molecule has 0 spiro atoms. The molecule has 2 aromatic carbocycles. The van der Waals surface area contributed by atoms with Crippen LogP contribution < -0.4 is 19.5 Å². The molecule has 0 aliphatic carbocycles. The molecule has 3 rings (SSSR count). The molecular formula is C23H26N2O4. The molecule has 1 N–H and O–H groups in total. The van der Waals surface area contributed by atoms with Crippen molar-refractivity contribution >= 4 is 16.8 Å². The van der Waals surface area contributed by atoms with Gasteiger partial charge in [0.25, 0.3) is 5.91 Å².